The van der Waals surface area contributed by atoms with Gasteiger partial charge in [-0.15, -0.1) is 0 Å². The van der Waals surface area contributed by atoms with E-state index in [9.17, 15) is 14.3 Å². The van der Waals surface area contributed by atoms with Crippen molar-refractivity contribution in [1.82, 2.24) is 14.8 Å². The van der Waals surface area contributed by atoms with Gasteiger partial charge in [0.25, 0.3) is 0 Å². The third-order valence-electron chi connectivity index (χ3n) is 10.8. The lowest BCUT2D eigenvalue weighted by atomic mass is 9.84. The van der Waals surface area contributed by atoms with Crippen LogP contribution in [0.2, 0.25) is 0 Å². The van der Waals surface area contributed by atoms with Crippen LogP contribution < -0.4 is 4.74 Å². The maximum absolute atomic E-state index is 14.7. The van der Waals surface area contributed by atoms with E-state index in [1.807, 2.05) is 26.0 Å². The van der Waals surface area contributed by atoms with Crippen LogP contribution >= 0.6 is 0 Å². The number of pyridine rings is 1. The lowest BCUT2D eigenvalue weighted by Gasteiger charge is -2.31. The number of aliphatic carboxylic acids is 1. The van der Waals surface area contributed by atoms with E-state index in [4.69, 9.17) is 14.5 Å². The molecular weight excluding hydrogens is 629 g/mol. The summed E-state index contributed by atoms with van der Waals surface area (Å²) in [7, 11) is 2.16. The van der Waals surface area contributed by atoms with Crippen molar-refractivity contribution in [3.63, 3.8) is 0 Å². The van der Waals surface area contributed by atoms with Crippen LogP contribution in [-0.4, -0.2) is 65.8 Å². The van der Waals surface area contributed by atoms with Gasteiger partial charge in [0.15, 0.2) is 0 Å². The van der Waals surface area contributed by atoms with E-state index >= 15 is 0 Å². The Hall–Kier alpha value is -4.11. The minimum absolute atomic E-state index is 0.109. The van der Waals surface area contributed by atoms with Gasteiger partial charge in [0, 0.05) is 62.8 Å². The fourth-order valence-corrected chi connectivity index (χ4v) is 8.11. The zero-order valence-corrected chi connectivity index (χ0v) is 29.6. The third-order valence-corrected chi connectivity index (χ3v) is 10.8. The number of carbonyl (C=O) groups is 1. The van der Waals surface area contributed by atoms with Crippen LogP contribution in [0.5, 0.6) is 5.75 Å². The Bertz CT molecular complexity index is 1870. The Morgan fingerprint density at radius 2 is 1.74 bits per heavy atom. The maximum atomic E-state index is 14.7. The topological polar surface area (TPSA) is 75.1 Å². The molecule has 0 spiro atoms. The molecule has 3 aliphatic rings. The molecule has 0 atom stereocenters. The highest BCUT2D eigenvalue weighted by Gasteiger charge is 2.27. The summed E-state index contributed by atoms with van der Waals surface area (Å²) in [5.41, 5.74) is 11.9. The van der Waals surface area contributed by atoms with Gasteiger partial charge in [0.2, 0.25) is 0 Å². The predicted molar refractivity (Wildman–Crippen MR) is 194 cm³/mol. The number of halogens is 1. The standard InChI is InChI=1S/C42H48FN3O4/c1-27-6-4-8-37(43)36(27)25-46-16-13-30-20-33(9-10-34(30)24-46)42-38(26-45(3)23-29-14-18-49-19-15-29)44-28(2)35(22-40(47)48)41(42)32-11-12-39-31(21-32)7-5-17-50-39/h4,6,8-12,20-21,29H,5,7,13-19,22-26H2,1-3H3,(H,47,48). The quantitative estimate of drug-likeness (QED) is 0.186. The van der Waals surface area contributed by atoms with Crippen LogP contribution in [0.15, 0.2) is 54.6 Å². The molecule has 7 rings (SSSR count). The molecule has 0 amide bonds. The Morgan fingerprint density at radius 1 is 0.960 bits per heavy atom. The molecule has 0 saturated carbocycles. The Labute approximate surface area is 295 Å². The van der Waals surface area contributed by atoms with Gasteiger partial charge in [-0.3, -0.25) is 14.7 Å². The van der Waals surface area contributed by atoms with Crippen molar-refractivity contribution in [2.24, 2.45) is 5.92 Å². The van der Waals surface area contributed by atoms with Gasteiger partial charge in [-0.2, -0.15) is 0 Å². The largest absolute Gasteiger partial charge is 0.493 e. The highest BCUT2D eigenvalue weighted by molar-refractivity contribution is 5.90. The van der Waals surface area contributed by atoms with E-state index in [0.717, 1.165) is 127 Å². The normalized spacial score (nSPS) is 16.6. The summed E-state index contributed by atoms with van der Waals surface area (Å²) in [6.07, 6.45) is 4.75. The molecule has 7 nitrogen and oxygen atoms in total. The molecule has 0 unspecified atom stereocenters. The van der Waals surface area contributed by atoms with Crippen molar-refractivity contribution < 1.29 is 23.8 Å². The average Bonchev–Trinajstić information content (AvgIpc) is 3.10. The van der Waals surface area contributed by atoms with E-state index in [1.54, 1.807) is 12.1 Å². The Morgan fingerprint density at radius 3 is 2.54 bits per heavy atom. The fourth-order valence-electron chi connectivity index (χ4n) is 8.11. The number of aryl methyl sites for hydroxylation is 3. The molecule has 1 N–H and O–H groups in total. The van der Waals surface area contributed by atoms with E-state index in [0.29, 0.717) is 25.6 Å². The first kappa shape index (κ1) is 34.3. The minimum atomic E-state index is -0.872. The van der Waals surface area contributed by atoms with E-state index in [-0.39, 0.29) is 12.2 Å². The van der Waals surface area contributed by atoms with Crippen LogP contribution in [0, 0.1) is 25.6 Å². The van der Waals surface area contributed by atoms with Gasteiger partial charge in [-0.25, -0.2) is 4.39 Å². The molecule has 1 aromatic heterocycles. The molecule has 4 heterocycles. The molecule has 0 aliphatic carbocycles. The molecular formula is C42H48FN3O4. The molecule has 4 aromatic rings. The number of rotatable bonds is 10. The zero-order chi connectivity index (χ0) is 34.8. The monoisotopic (exact) mass is 677 g/mol. The predicted octanol–water partition coefficient (Wildman–Crippen LogP) is 7.54. The smallest absolute Gasteiger partial charge is 0.307 e. The first-order chi connectivity index (χ1) is 24.2. The zero-order valence-electron chi connectivity index (χ0n) is 29.6. The molecule has 8 heteroatoms. The van der Waals surface area contributed by atoms with Crippen LogP contribution in [0.3, 0.4) is 0 Å². The first-order valence-corrected chi connectivity index (χ1v) is 18.1. The van der Waals surface area contributed by atoms with E-state index < -0.39 is 5.97 Å². The SMILES string of the molecule is Cc1cccc(F)c1CN1CCc2cc(-c3c(CN(C)CC4CCOCC4)nc(C)c(CC(=O)O)c3-c3ccc4c(c3)CCCO4)ccc2C1. The number of hydrogen-bond donors (Lipinski definition) is 1. The molecule has 3 aromatic carbocycles. The minimum Gasteiger partial charge on any atom is -0.493 e. The average molecular weight is 678 g/mol. The molecule has 50 heavy (non-hydrogen) atoms. The Kier molecular flexibility index (Phi) is 10.3. The van der Waals surface area contributed by atoms with Crippen LogP contribution in [-0.2, 0) is 48.4 Å². The number of hydrogen-bond acceptors (Lipinski definition) is 6. The van der Waals surface area contributed by atoms with E-state index in [1.165, 1.54) is 11.1 Å². The van der Waals surface area contributed by atoms with Gasteiger partial charge in [-0.05, 0) is 122 Å². The highest BCUT2D eigenvalue weighted by atomic mass is 19.1. The van der Waals surface area contributed by atoms with Crippen LogP contribution in [0.4, 0.5) is 4.39 Å². The summed E-state index contributed by atoms with van der Waals surface area (Å²) in [5, 5.41) is 10.1. The lowest BCUT2D eigenvalue weighted by Crippen LogP contribution is -2.31. The first-order valence-electron chi connectivity index (χ1n) is 18.1. The summed E-state index contributed by atoms with van der Waals surface area (Å²) < 4.78 is 26.3. The number of carboxylic acids is 1. The number of nitrogens with zero attached hydrogens (tertiary/aromatic N) is 3. The summed E-state index contributed by atoms with van der Waals surface area (Å²) in [6, 6.07) is 18.3. The highest BCUT2D eigenvalue weighted by Crippen LogP contribution is 2.42. The van der Waals surface area contributed by atoms with Crippen molar-refractivity contribution in [2.45, 2.75) is 72.0 Å². The van der Waals surface area contributed by atoms with Crippen molar-refractivity contribution >= 4 is 5.97 Å². The number of aromatic nitrogens is 1. The fraction of sp³-hybridized carbons (Fsp3) is 0.429. The number of fused-ring (bicyclic) bond motifs is 2. The molecule has 1 fully saturated rings. The number of ether oxygens (including phenoxy) is 2. The van der Waals surface area contributed by atoms with Crippen molar-refractivity contribution in [2.75, 3.05) is 40.0 Å². The van der Waals surface area contributed by atoms with Gasteiger partial charge in [-0.1, -0.05) is 36.4 Å². The van der Waals surface area contributed by atoms with E-state index in [2.05, 4.69) is 47.2 Å². The molecule has 0 radical (unpaired) electrons. The Balaban J connectivity index is 1.31. The molecule has 3 aliphatic heterocycles. The summed E-state index contributed by atoms with van der Waals surface area (Å²) in [4.78, 5) is 22.3. The van der Waals surface area contributed by atoms with Crippen molar-refractivity contribution in [1.29, 1.82) is 0 Å². The number of carboxylic acid groups (broad SMARTS) is 1. The van der Waals surface area contributed by atoms with Gasteiger partial charge < -0.3 is 19.5 Å². The second-order valence-electron chi connectivity index (χ2n) is 14.4. The second kappa shape index (κ2) is 15.0. The summed E-state index contributed by atoms with van der Waals surface area (Å²) in [5.74, 6) is 0.464. The second-order valence-corrected chi connectivity index (χ2v) is 14.4. The summed E-state index contributed by atoms with van der Waals surface area (Å²) >= 11 is 0. The summed E-state index contributed by atoms with van der Waals surface area (Å²) in [6.45, 7) is 10.0. The van der Waals surface area contributed by atoms with Gasteiger partial charge in [0.1, 0.15) is 11.6 Å². The van der Waals surface area contributed by atoms with Crippen molar-refractivity contribution in [3.8, 4) is 28.0 Å². The van der Waals surface area contributed by atoms with Gasteiger partial charge >= 0.3 is 5.97 Å². The van der Waals surface area contributed by atoms with Gasteiger partial charge in [0.05, 0.1) is 18.7 Å². The van der Waals surface area contributed by atoms with Crippen LogP contribution in [0.25, 0.3) is 22.3 Å². The molecule has 262 valence electrons. The third kappa shape index (κ3) is 7.48. The van der Waals surface area contributed by atoms with Crippen LogP contribution in [0.1, 0.15) is 64.0 Å². The molecule has 0 bridgehead atoms. The maximum Gasteiger partial charge on any atom is 0.307 e. The number of benzene rings is 3. The molecule has 1 saturated heterocycles. The lowest BCUT2D eigenvalue weighted by molar-refractivity contribution is -0.136. The van der Waals surface area contributed by atoms with Crippen molar-refractivity contribution in [3.05, 3.63) is 105 Å².